The molecule has 2 aromatic carbocycles. The average Bonchev–Trinajstić information content (AvgIpc) is 3.42. The molecule has 0 saturated carbocycles. The Kier molecular flexibility index (Phi) is 9.30. The third kappa shape index (κ3) is 5.63. The van der Waals surface area contributed by atoms with Crippen molar-refractivity contribution in [2.75, 3.05) is 40.0 Å². The SMILES string of the molecule is CCOC(=O)CC1(C(C#N)c2ccccc2C2(C)OCCO2)CCN(C(=O)[C@](OC)(c2ccccc2)C(F)(F)F)CC1. The topological polar surface area (TPSA) is 98.1 Å². The number of nitrogens with zero attached hydrogens (tertiary/aromatic N) is 2. The van der Waals surface area contributed by atoms with E-state index in [-0.39, 0.29) is 44.5 Å². The summed E-state index contributed by atoms with van der Waals surface area (Å²) in [6.45, 7) is 4.05. The number of esters is 1. The summed E-state index contributed by atoms with van der Waals surface area (Å²) < 4.78 is 65.8. The molecule has 1 unspecified atom stereocenters. The summed E-state index contributed by atoms with van der Waals surface area (Å²) >= 11 is 0. The van der Waals surface area contributed by atoms with Gasteiger partial charge in [0.15, 0.2) is 5.79 Å². The molecule has 226 valence electrons. The van der Waals surface area contributed by atoms with Crippen LogP contribution in [0.1, 0.15) is 55.7 Å². The number of carbonyl (C=O) groups excluding carboxylic acids is 2. The number of amides is 1. The van der Waals surface area contributed by atoms with E-state index in [1.54, 1.807) is 44.2 Å². The zero-order valence-corrected chi connectivity index (χ0v) is 23.9. The highest BCUT2D eigenvalue weighted by Crippen LogP contribution is 2.51. The third-order valence-electron chi connectivity index (χ3n) is 8.38. The molecule has 0 N–H and O–H groups in total. The first-order valence-electron chi connectivity index (χ1n) is 13.9. The average molecular weight is 589 g/mol. The van der Waals surface area contributed by atoms with Crippen molar-refractivity contribution >= 4 is 11.9 Å². The zero-order valence-electron chi connectivity index (χ0n) is 23.9. The Balaban J connectivity index is 1.71. The van der Waals surface area contributed by atoms with E-state index in [9.17, 15) is 28.0 Å². The lowest BCUT2D eigenvalue weighted by molar-refractivity contribution is -0.271. The number of likely N-dealkylation sites (tertiary alicyclic amines) is 1. The highest BCUT2D eigenvalue weighted by Gasteiger charge is 2.64. The fourth-order valence-electron chi connectivity index (χ4n) is 6.22. The molecule has 2 aromatic rings. The molecule has 0 radical (unpaired) electrons. The second kappa shape index (κ2) is 12.4. The number of benzene rings is 2. The van der Waals surface area contributed by atoms with Gasteiger partial charge in [0.2, 0.25) is 0 Å². The van der Waals surface area contributed by atoms with Gasteiger partial charge in [-0.05, 0) is 32.3 Å². The minimum atomic E-state index is -5.05. The lowest BCUT2D eigenvalue weighted by Crippen LogP contribution is -2.59. The van der Waals surface area contributed by atoms with Gasteiger partial charge < -0.3 is 23.8 Å². The predicted molar refractivity (Wildman–Crippen MR) is 145 cm³/mol. The molecule has 8 nitrogen and oxygen atoms in total. The lowest BCUT2D eigenvalue weighted by Gasteiger charge is -2.46. The summed E-state index contributed by atoms with van der Waals surface area (Å²) in [4.78, 5) is 27.7. The van der Waals surface area contributed by atoms with E-state index in [2.05, 4.69) is 6.07 Å². The molecular formula is C31H35F3N2O6. The number of hydrogen-bond donors (Lipinski definition) is 0. The molecule has 0 bridgehead atoms. The number of halogens is 3. The van der Waals surface area contributed by atoms with E-state index in [1.165, 1.54) is 24.3 Å². The number of hydrogen-bond acceptors (Lipinski definition) is 7. The number of ether oxygens (including phenoxy) is 4. The number of methoxy groups -OCH3 is 1. The summed E-state index contributed by atoms with van der Waals surface area (Å²) in [6.07, 6.45) is -5.05. The Morgan fingerprint density at radius 3 is 2.19 bits per heavy atom. The maximum absolute atomic E-state index is 14.6. The molecule has 2 heterocycles. The lowest BCUT2D eigenvalue weighted by atomic mass is 9.63. The third-order valence-corrected chi connectivity index (χ3v) is 8.38. The van der Waals surface area contributed by atoms with Gasteiger partial charge in [-0.2, -0.15) is 18.4 Å². The first kappa shape index (κ1) is 31.5. The largest absolute Gasteiger partial charge is 0.466 e. The van der Waals surface area contributed by atoms with Gasteiger partial charge >= 0.3 is 12.1 Å². The normalized spacial score (nSPS) is 20.3. The zero-order chi connectivity index (χ0) is 30.6. The Morgan fingerprint density at radius 2 is 1.64 bits per heavy atom. The van der Waals surface area contributed by atoms with Gasteiger partial charge in [0.25, 0.3) is 11.5 Å². The van der Waals surface area contributed by atoms with Crippen LogP contribution in [0.4, 0.5) is 13.2 Å². The number of rotatable bonds is 9. The quantitative estimate of drug-likeness (QED) is 0.373. The molecule has 42 heavy (non-hydrogen) atoms. The maximum Gasteiger partial charge on any atom is 0.430 e. The maximum atomic E-state index is 14.6. The van der Waals surface area contributed by atoms with E-state index >= 15 is 0 Å². The molecular weight excluding hydrogens is 553 g/mol. The highest BCUT2D eigenvalue weighted by atomic mass is 19.4. The van der Waals surface area contributed by atoms with Crippen molar-refractivity contribution in [3.63, 3.8) is 0 Å². The first-order valence-corrected chi connectivity index (χ1v) is 13.9. The fourth-order valence-corrected chi connectivity index (χ4v) is 6.22. The van der Waals surface area contributed by atoms with Crippen LogP contribution in [0.2, 0.25) is 0 Å². The molecule has 2 aliphatic heterocycles. The first-order chi connectivity index (χ1) is 20.0. The van der Waals surface area contributed by atoms with Crippen molar-refractivity contribution < 1.29 is 41.7 Å². The second-order valence-electron chi connectivity index (χ2n) is 10.7. The summed E-state index contributed by atoms with van der Waals surface area (Å²) in [5, 5.41) is 10.6. The molecule has 0 spiro atoms. The number of nitriles is 1. The van der Waals surface area contributed by atoms with E-state index < -0.39 is 40.8 Å². The van der Waals surface area contributed by atoms with Crippen molar-refractivity contribution in [2.45, 2.75) is 56.6 Å². The Morgan fingerprint density at radius 1 is 1.05 bits per heavy atom. The van der Waals surface area contributed by atoms with Gasteiger partial charge in [-0.25, -0.2) is 0 Å². The molecule has 0 aromatic heterocycles. The summed E-state index contributed by atoms with van der Waals surface area (Å²) in [5.41, 5.74) is -3.34. The van der Waals surface area contributed by atoms with E-state index in [4.69, 9.17) is 18.9 Å². The Labute approximate surface area is 243 Å². The van der Waals surface area contributed by atoms with E-state index in [1.807, 2.05) is 0 Å². The minimum Gasteiger partial charge on any atom is -0.466 e. The van der Waals surface area contributed by atoms with Gasteiger partial charge in [-0.15, -0.1) is 0 Å². The van der Waals surface area contributed by atoms with Crippen LogP contribution in [0.25, 0.3) is 0 Å². The number of piperidine rings is 1. The second-order valence-corrected chi connectivity index (χ2v) is 10.7. The molecule has 4 rings (SSSR count). The Hall–Kier alpha value is -3.46. The number of carbonyl (C=O) groups is 2. The van der Waals surface area contributed by atoms with Crippen LogP contribution in [0.15, 0.2) is 54.6 Å². The standard InChI is InChI=1S/C31H35F3N2O6/c1-4-40-26(37)20-29(25(21-35)23-12-8-9-13-24(23)28(2)41-18-19-42-28)14-16-36(17-15-29)27(38)30(39-3,31(32,33)34)22-10-6-5-7-11-22/h5-13,25H,4,14-20H2,1-3H3/t25?,30-/m1/s1. The monoisotopic (exact) mass is 588 g/mol. The molecule has 2 atom stereocenters. The molecule has 0 aliphatic carbocycles. The van der Waals surface area contributed by atoms with Gasteiger partial charge in [0.05, 0.1) is 38.2 Å². The molecule has 2 fully saturated rings. The smallest absolute Gasteiger partial charge is 0.430 e. The van der Waals surface area contributed by atoms with Gasteiger partial charge in [-0.1, -0.05) is 54.6 Å². The molecule has 2 aliphatic rings. The Bertz CT molecular complexity index is 1300. The van der Waals surface area contributed by atoms with Crippen LogP contribution in [0, 0.1) is 16.7 Å². The van der Waals surface area contributed by atoms with Crippen molar-refractivity contribution in [3.05, 3.63) is 71.3 Å². The van der Waals surface area contributed by atoms with Crippen LogP contribution < -0.4 is 0 Å². The molecule has 1 amide bonds. The van der Waals surface area contributed by atoms with Crippen molar-refractivity contribution in [2.24, 2.45) is 5.41 Å². The van der Waals surface area contributed by atoms with Crippen LogP contribution in [0.3, 0.4) is 0 Å². The van der Waals surface area contributed by atoms with E-state index in [0.717, 1.165) is 12.0 Å². The molecule has 11 heteroatoms. The van der Waals surface area contributed by atoms with Crippen molar-refractivity contribution in [3.8, 4) is 6.07 Å². The summed E-state index contributed by atoms with van der Waals surface area (Å²) in [7, 11) is 0.865. The van der Waals surface area contributed by atoms with Gasteiger partial charge in [-0.3, -0.25) is 9.59 Å². The van der Waals surface area contributed by atoms with Gasteiger partial charge in [0.1, 0.15) is 0 Å². The summed E-state index contributed by atoms with van der Waals surface area (Å²) in [5.74, 6) is -3.75. The molecule has 2 saturated heterocycles. The van der Waals surface area contributed by atoms with Crippen LogP contribution in [-0.2, 0) is 39.9 Å². The predicted octanol–water partition coefficient (Wildman–Crippen LogP) is 5.18. The fraction of sp³-hybridized carbons (Fsp3) is 0.516. The highest BCUT2D eigenvalue weighted by molar-refractivity contribution is 5.88. The van der Waals surface area contributed by atoms with Crippen molar-refractivity contribution in [1.29, 1.82) is 5.26 Å². The summed E-state index contributed by atoms with van der Waals surface area (Å²) in [6, 6.07) is 16.3. The van der Waals surface area contributed by atoms with Gasteiger partial charge in [0, 0.05) is 36.7 Å². The van der Waals surface area contributed by atoms with Crippen LogP contribution >= 0.6 is 0 Å². The van der Waals surface area contributed by atoms with Crippen LogP contribution in [-0.4, -0.2) is 63.0 Å². The van der Waals surface area contributed by atoms with Crippen molar-refractivity contribution in [1.82, 2.24) is 4.90 Å². The minimum absolute atomic E-state index is 0.0784. The number of alkyl halides is 3. The van der Waals surface area contributed by atoms with E-state index in [0.29, 0.717) is 24.3 Å². The van der Waals surface area contributed by atoms with Crippen LogP contribution in [0.5, 0.6) is 0 Å².